The first-order valence-corrected chi connectivity index (χ1v) is 11.6. The molecule has 0 radical (unpaired) electrons. The molecule has 154 valence electrons. The molecule has 0 N–H and O–H groups in total. The number of hydrogen-bond donors (Lipinski definition) is 0. The summed E-state index contributed by atoms with van der Waals surface area (Å²) in [6.45, 7) is 12.8. The lowest BCUT2D eigenvalue weighted by Crippen LogP contribution is -2.39. The molecule has 2 atom stereocenters. The zero-order valence-electron chi connectivity index (χ0n) is 17.8. The number of nitrogens with zero attached hydrogens (tertiary/aromatic N) is 3. The van der Waals surface area contributed by atoms with Gasteiger partial charge in [-0.25, -0.2) is 0 Å². The van der Waals surface area contributed by atoms with Crippen molar-refractivity contribution in [1.29, 1.82) is 0 Å². The van der Waals surface area contributed by atoms with Crippen LogP contribution in [0.5, 0.6) is 0 Å². The second-order valence-corrected chi connectivity index (χ2v) is 9.87. The molecular weight excluding hydrogens is 346 g/mol. The molecule has 1 aromatic rings. The molecule has 4 aliphatic heterocycles. The first-order valence-electron chi connectivity index (χ1n) is 11.6. The summed E-state index contributed by atoms with van der Waals surface area (Å²) in [6, 6.07) is 8.76. The van der Waals surface area contributed by atoms with Crippen LogP contribution in [0.2, 0.25) is 0 Å². The summed E-state index contributed by atoms with van der Waals surface area (Å²) in [5.41, 5.74) is 4.84. The molecule has 4 saturated heterocycles. The van der Waals surface area contributed by atoms with Gasteiger partial charge in [0.1, 0.15) is 0 Å². The predicted octanol–water partition coefficient (Wildman–Crippen LogP) is 4.06. The van der Waals surface area contributed by atoms with Crippen LogP contribution < -0.4 is 9.80 Å². The molecule has 1 aromatic carbocycles. The second-order valence-electron chi connectivity index (χ2n) is 9.87. The van der Waals surface area contributed by atoms with E-state index in [0.717, 1.165) is 25.3 Å². The van der Waals surface area contributed by atoms with Crippen molar-refractivity contribution in [3.05, 3.63) is 23.8 Å². The van der Waals surface area contributed by atoms with Gasteiger partial charge in [-0.05, 0) is 88.1 Å². The van der Waals surface area contributed by atoms with Gasteiger partial charge in [-0.3, -0.25) is 4.90 Å². The highest BCUT2D eigenvalue weighted by atomic mass is 16.5. The van der Waals surface area contributed by atoms with E-state index < -0.39 is 0 Å². The molecule has 28 heavy (non-hydrogen) atoms. The van der Waals surface area contributed by atoms with Crippen LogP contribution in [0.25, 0.3) is 0 Å². The zero-order valence-corrected chi connectivity index (χ0v) is 17.8. The van der Waals surface area contributed by atoms with Crippen LogP contribution in [0.15, 0.2) is 18.2 Å². The topological polar surface area (TPSA) is 19.0 Å². The van der Waals surface area contributed by atoms with Crippen LogP contribution in [0.3, 0.4) is 0 Å². The number of benzene rings is 1. The maximum absolute atomic E-state index is 5.62. The van der Waals surface area contributed by atoms with Gasteiger partial charge in [0.15, 0.2) is 0 Å². The number of rotatable bonds is 3. The number of hydrogen-bond acceptors (Lipinski definition) is 4. The molecule has 0 unspecified atom stereocenters. The van der Waals surface area contributed by atoms with E-state index in [1.165, 1.54) is 88.2 Å². The molecule has 5 rings (SSSR count). The molecule has 0 aliphatic carbocycles. The first-order chi connectivity index (χ1) is 13.6. The van der Waals surface area contributed by atoms with E-state index in [1.54, 1.807) is 0 Å². The van der Waals surface area contributed by atoms with Gasteiger partial charge in [-0.15, -0.1) is 0 Å². The van der Waals surface area contributed by atoms with Gasteiger partial charge >= 0.3 is 0 Å². The van der Waals surface area contributed by atoms with Gasteiger partial charge in [0.2, 0.25) is 0 Å². The lowest BCUT2D eigenvalue weighted by atomic mass is 9.80. The summed E-state index contributed by atoms with van der Waals surface area (Å²) >= 11 is 0. The predicted molar refractivity (Wildman–Crippen MR) is 117 cm³/mol. The summed E-state index contributed by atoms with van der Waals surface area (Å²) in [5, 5.41) is 0. The van der Waals surface area contributed by atoms with Crippen molar-refractivity contribution in [1.82, 2.24) is 4.90 Å². The fourth-order valence-electron chi connectivity index (χ4n) is 6.29. The highest BCUT2D eigenvalue weighted by Gasteiger charge is 2.40. The van der Waals surface area contributed by atoms with Gasteiger partial charge in [0, 0.05) is 62.9 Å². The maximum atomic E-state index is 5.62. The minimum absolute atomic E-state index is 0.512. The van der Waals surface area contributed by atoms with Crippen molar-refractivity contribution < 1.29 is 4.74 Å². The largest absolute Gasteiger partial charge is 0.381 e. The van der Waals surface area contributed by atoms with E-state index >= 15 is 0 Å². The van der Waals surface area contributed by atoms with Gasteiger partial charge in [-0.2, -0.15) is 0 Å². The first kappa shape index (κ1) is 18.7. The van der Waals surface area contributed by atoms with Crippen molar-refractivity contribution in [3.63, 3.8) is 0 Å². The molecule has 4 heterocycles. The van der Waals surface area contributed by atoms with Crippen molar-refractivity contribution in [2.45, 2.75) is 64.5 Å². The number of likely N-dealkylation sites (tertiary alicyclic amines) is 1. The quantitative estimate of drug-likeness (QED) is 0.783. The van der Waals surface area contributed by atoms with E-state index in [2.05, 4.69) is 46.7 Å². The maximum Gasteiger partial charge on any atom is 0.0472 e. The Bertz CT molecular complexity index is 699. The Kier molecular flexibility index (Phi) is 5.04. The monoisotopic (exact) mass is 383 g/mol. The summed E-state index contributed by atoms with van der Waals surface area (Å²) in [6.07, 6.45) is 7.90. The highest BCUT2D eigenvalue weighted by Crippen LogP contribution is 2.42. The molecule has 4 fully saturated rings. The Balaban J connectivity index is 1.26. The minimum Gasteiger partial charge on any atom is -0.381 e. The number of ether oxygens (including phenoxy) is 1. The molecule has 4 nitrogen and oxygen atoms in total. The Morgan fingerprint density at radius 2 is 1.86 bits per heavy atom. The minimum atomic E-state index is 0.512. The Morgan fingerprint density at radius 1 is 1.00 bits per heavy atom. The Morgan fingerprint density at radius 3 is 2.61 bits per heavy atom. The molecule has 0 aromatic heterocycles. The van der Waals surface area contributed by atoms with Crippen LogP contribution in [-0.4, -0.2) is 62.9 Å². The summed E-state index contributed by atoms with van der Waals surface area (Å²) in [4.78, 5) is 8.03. The van der Waals surface area contributed by atoms with Crippen molar-refractivity contribution in [2.24, 2.45) is 5.41 Å². The van der Waals surface area contributed by atoms with Crippen LogP contribution in [0.1, 0.15) is 51.0 Å². The summed E-state index contributed by atoms with van der Waals surface area (Å²) in [5.74, 6) is 0. The van der Waals surface area contributed by atoms with Crippen LogP contribution in [0.4, 0.5) is 11.4 Å². The van der Waals surface area contributed by atoms with Gasteiger partial charge in [-0.1, -0.05) is 0 Å². The lowest BCUT2D eigenvalue weighted by molar-refractivity contribution is 0.0254. The van der Waals surface area contributed by atoms with Crippen molar-refractivity contribution >= 4 is 11.4 Å². The average molecular weight is 384 g/mol. The number of anilines is 2. The van der Waals surface area contributed by atoms with Gasteiger partial charge in [0.25, 0.3) is 0 Å². The van der Waals surface area contributed by atoms with E-state index in [9.17, 15) is 0 Å². The zero-order chi connectivity index (χ0) is 19.1. The summed E-state index contributed by atoms with van der Waals surface area (Å²) < 4.78 is 5.62. The van der Waals surface area contributed by atoms with E-state index in [0.29, 0.717) is 5.41 Å². The normalized spacial score (nSPS) is 30.6. The van der Waals surface area contributed by atoms with E-state index in [1.807, 2.05) is 0 Å². The smallest absolute Gasteiger partial charge is 0.0472 e. The SMILES string of the molecule is Cc1cc(N2CC[C@H](N3CCC[C@@H]3C)C2)ccc1N1CCC2(CCOCC2)C1. The highest BCUT2D eigenvalue weighted by molar-refractivity contribution is 5.62. The van der Waals surface area contributed by atoms with Crippen molar-refractivity contribution in [2.75, 3.05) is 55.7 Å². The van der Waals surface area contributed by atoms with Crippen LogP contribution in [0, 0.1) is 12.3 Å². The van der Waals surface area contributed by atoms with E-state index in [4.69, 9.17) is 4.74 Å². The lowest BCUT2D eigenvalue weighted by Gasteiger charge is -2.34. The van der Waals surface area contributed by atoms with Crippen LogP contribution >= 0.6 is 0 Å². The standard InChI is InChI=1S/C24H37N3O/c1-19-16-21(25-12-7-22(17-25)27-11-3-4-20(27)2)5-6-23(19)26-13-8-24(18-26)9-14-28-15-10-24/h5-6,16,20,22H,3-4,7-15,17-18H2,1-2H3/t20-,22-/m0/s1. The average Bonchev–Trinajstić information content (AvgIpc) is 3.43. The van der Waals surface area contributed by atoms with Gasteiger partial charge < -0.3 is 14.5 Å². The number of aryl methyl sites for hydroxylation is 1. The third-order valence-corrected chi connectivity index (χ3v) is 8.11. The fraction of sp³-hybridized carbons (Fsp3) is 0.750. The molecule has 1 spiro atoms. The second kappa shape index (κ2) is 7.53. The Labute approximate surface area is 170 Å². The third kappa shape index (κ3) is 3.43. The van der Waals surface area contributed by atoms with E-state index in [-0.39, 0.29) is 0 Å². The molecule has 0 amide bonds. The fourth-order valence-corrected chi connectivity index (χ4v) is 6.29. The third-order valence-electron chi connectivity index (χ3n) is 8.11. The van der Waals surface area contributed by atoms with Crippen LogP contribution in [-0.2, 0) is 4.74 Å². The molecule has 0 saturated carbocycles. The molecular formula is C24H37N3O. The molecule has 4 heteroatoms. The molecule has 4 aliphatic rings. The Hall–Kier alpha value is -1.26. The molecule has 0 bridgehead atoms. The van der Waals surface area contributed by atoms with Crippen molar-refractivity contribution in [3.8, 4) is 0 Å². The summed E-state index contributed by atoms with van der Waals surface area (Å²) in [7, 11) is 0. The van der Waals surface area contributed by atoms with Gasteiger partial charge in [0.05, 0.1) is 0 Å².